The molecule has 0 radical (unpaired) electrons. The molecular weight excluding hydrogens is 1520 g/mol. The molecule has 0 spiro atoms. The highest BCUT2D eigenvalue weighted by atomic mass is 16.6. The zero-order valence-electron chi connectivity index (χ0n) is 62.1. The maximum atomic E-state index is 11.0. The third-order valence-corrected chi connectivity index (χ3v) is 20.6. The Morgan fingerprint density at radius 2 is 0.372 bits per heavy atom. The highest BCUT2D eigenvalue weighted by Gasteiger charge is 2.50. The quantitative estimate of drug-likeness (QED) is 0.0178. The monoisotopic (exact) mass is 1620 g/mol. The summed E-state index contributed by atoms with van der Waals surface area (Å²) in [6.45, 7) is 4.01. The number of ether oxygens (including phenoxy) is 13. The van der Waals surface area contributed by atoms with E-state index >= 15 is 0 Å². The molecule has 0 unspecified atom stereocenters. The summed E-state index contributed by atoms with van der Waals surface area (Å²) in [7, 11) is 0. The van der Waals surface area contributed by atoms with Gasteiger partial charge in [-0.1, -0.05) is 31.3 Å². The van der Waals surface area contributed by atoms with Gasteiger partial charge in [0.05, 0.1) is 177 Å². The molecule has 113 heavy (non-hydrogen) atoms. The van der Waals surface area contributed by atoms with Crippen molar-refractivity contribution in [2.24, 2.45) is 10.8 Å². The zero-order chi connectivity index (χ0) is 81.1. The van der Waals surface area contributed by atoms with Crippen LogP contribution in [0.1, 0.15) is 113 Å². The minimum atomic E-state index is -1.64. The van der Waals surface area contributed by atoms with Gasteiger partial charge >= 0.3 is 0 Å². The molecule has 0 aliphatic carbocycles. The van der Waals surface area contributed by atoms with Crippen molar-refractivity contribution < 1.29 is 153 Å². The molecule has 6 aromatic rings. The third kappa shape index (κ3) is 19.4. The van der Waals surface area contributed by atoms with Gasteiger partial charge < -0.3 is 153 Å². The fraction of sp³-hybridized carbons (Fsp3) is 0.812. The third-order valence-electron chi connectivity index (χ3n) is 20.6. The van der Waals surface area contributed by atoms with Gasteiger partial charge in [0.15, 0.2) is 37.4 Å². The summed E-state index contributed by atoms with van der Waals surface area (Å²) in [6.07, 6.45) is -33.3. The molecule has 12 rings (SSSR count). The van der Waals surface area contributed by atoms with E-state index in [1.807, 2.05) is 0 Å². The molecule has 49 nitrogen and oxygen atoms in total. The Balaban J connectivity index is 0.869. The maximum Gasteiger partial charge on any atom is 0.180 e. The van der Waals surface area contributed by atoms with Crippen LogP contribution in [0.2, 0.25) is 0 Å². The smallest absolute Gasteiger partial charge is 0.180 e. The second-order valence-corrected chi connectivity index (χ2v) is 29.8. The van der Waals surface area contributed by atoms with E-state index in [-0.39, 0.29) is 113 Å². The summed E-state index contributed by atoms with van der Waals surface area (Å²) in [5, 5.41) is 243. The van der Waals surface area contributed by atoms with Crippen LogP contribution >= 0.6 is 0 Å². The van der Waals surface area contributed by atoms with Crippen LogP contribution in [0.3, 0.4) is 0 Å². The second kappa shape index (κ2) is 37.0. The van der Waals surface area contributed by atoms with Crippen molar-refractivity contribution in [1.82, 2.24) is 90.0 Å². The number of hydrogen-bond donors (Lipinski definition) is 18. The van der Waals surface area contributed by atoms with Gasteiger partial charge in [-0.15, -0.1) is 30.6 Å². The van der Waals surface area contributed by atoms with Gasteiger partial charge in [-0.05, 0) is 41.5 Å². The summed E-state index contributed by atoms with van der Waals surface area (Å²) >= 11 is 0. The average Bonchev–Trinajstić information content (AvgIpc) is 1.77. The fourth-order valence-electron chi connectivity index (χ4n) is 13.7. The normalized spacial score (nSPS) is 36.8. The van der Waals surface area contributed by atoms with E-state index in [1.54, 1.807) is 0 Å². The van der Waals surface area contributed by atoms with Crippen LogP contribution in [0.5, 0.6) is 0 Å². The van der Waals surface area contributed by atoms with Crippen molar-refractivity contribution >= 4 is 0 Å². The molecule has 6 aromatic heterocycles. The number of hydrogen-bond acceptors (Lipinski definition) is 43. The largest absolute Gasteiger partial charge is 0.388 e. The van der Waals surface area contributed by atoms with Gasteiger partial charge in [0.25, 0.3) is 0 Å². The topological polar surface area (TPSA) is 668 Å². The molecule has 12 heterocycles. The predicted octanol–water partition coefficient (Wildman–Crippen LogP) is -10.2. The van der Waals surface area contributed by atoms with Crippen molar-refractivity contribution in [2.45, 2.75) is 265 Å². The first-order valence-corrected chi connectivity index (χ1v) is 36.5. The van der Waals surface area contributed by atoms with Crippen LogP contribution < -0.4 is 0 Å². The van der Waals surface area contributed by atoms with E-state index in [2.05, 4.69) is 61.9 Å². The minimum absolute atomic E-state index is 0.165. The lowest BCUT2D eigenvalue weighted by molar-refractivity contribution is -0.243. The molecule has 6 aliphatic heterocycles. The second-order valence-electron chi connectivity index (χ2n) is 29.8. The van der Waals surface area contributed by atoms with Crippen molar-refractivity contribution in [2.75, 3.05) is 52.9 Å². The molecule has 0 bridgehead atoms. The van der Waals surface area contributed by atoms with Gasteiger partial charge in [0.2, 0.25) is 0 Å². The minimum Gasteiger partial charge on any atom is -0.388 e. The molecular formula is C64H100N18O31. The van der Waals surface area contributed by atoms with Gasteiger partial charge in [-0.2, -0.15) is 0 Å². The summed E-state index contributed by atoms with van der Waals surface area (Å²) in [6, 6.07) is 0. The van der Waals surface area contributed by atoms with Crippen LogP contribution in [0, 0.1) is 10.8 Å². The standard InChI is InChI=1S/C64H100N18O31/c1-27-39(83)45(89)51(95)57(108-27)77-7-33(65-71-77)13-101-19-63(20-102-14-34-8-78(72-66-34)58-52(96)46(90)40(84)28(2)109-58,21-103-15-35-9-79(73-67-35)59-53(97)47(91)41(85)29(3)110-59)25-107-26-64(22-104-16-36-10-80(74-68-36)60-54(98)48(92)42(86)30(4)111-60,23-105-17-37-11-81(75-69-37)61-55(99)49(93)43(87)31(5)112-61)24-106-18-38-12-82(76-70-38)62-56(100)50(94)44(88)32(6)113-62/h7-12,27-32,39-62,83-100H,13-26H2,1-6H3/t27-,28-,29-,30-,31-,32-,39+,40+,41+,42+,43+,44+,45+,46+,47+,48+,49+,50+,51-,52-,53-,54-,55-,56-,57+,58+,59+,60+,61+,62+/m0/s1. The summed E-state index contributed by atoms with van der Waals surface area (Å²) in [5.74, 6) is 0. The first-order valence-electron chi connectivity index (χ1n) is 36.5. The van der Waals surface area contributed by atoms with Crippen LogP contribution in [0.25, 0.3) is 0 Å². The molecule has 49 heteroatoms. The van der Waals surface area contributed by atoms with Gasteiger partial charge in [0.1, 0.15) is 144 Å². The van der Waals surface area contributed by atoms with Gasteiger partial charge in [-0.3, -0.25) is 0 Å². The van der Waals surface area contributed by atoms with E-state index < -0.39 is 208 Å². The number of aliphatic hydroxyl groups excluding tert-OH is 18. The lowest BCUT2D eigenvalue weighted by atomic mass is 9.90. The number of nitrogens with zero attached hydrogens (tertiary/aromatic N) is 18. The lowest BCUT2D eigenvalue weighted by Crippen LogP contribution is -2.54. The Morgan fingerprint density at radius 1 is 0.230 bits per heavy atom. The predicted molar refractivity (Wildman–Crippen MR) is 359 cm³/mol. The zero-order valence-corrected chi connectivity index (χ0v) is 62.1. The number of rotatable bonds is 34. The molecule has 30 atom stereocenters. The fourth-order valence-corrected chi connectivity index (χ4v) is 13.7. The molecule has 0 saturated carbocycles. The SMILES string of the molecule is C[C@@H]1O[C@@H](n2cc(COCC(COCc3cn([C@@H]4O[C@@H](C)[C@@H](O)[C@@H](O)[C@@H]4O)nn3)(COCc3cn([C@@H]4O[C@@H](C)[C@@H](O)[C@@H](O)[C@@H]4O)nn3)COCC(COCc3cn([C@@H]4O[C@@H](C)[C@@H](O)[C@@H](O)[C@@H]4O)nn3)(COCc3cn([C@@H]4O[C@@H](C)[C@@H](O)[C@@H](O)[C@@H]4O)nn3)COCc3cn([C@@H]4O[C@@H](C)[C@@H](O)[C@@H](O)[C@@H]4O)nn3)nn2)[C@@H](O)[C@H](O)[C@@H]1O. The van der Waals surface area contributed by atoms with Crippen molar-refractivity contribution in [3.63, 3.8) is 0 Å². The van der Waals surface area contributed by atoms with Gasteiger partial charge in [-0.25, -0.2) is 28.1 Å². The van der Waals surface area contributed by atoms with Crippen LogP contribution in [-0.2, 0) is 101 Å². The molecule has 0 amide bonds. The molecule has 6 aliphatic rings. The van der Waals surface area contributed by atoms with E-state index in [4.69, 9.17) is 61.6 Å². The Bertz CT molecular complexity index is 3320. The Kier molecular flexibility index (Phi) is 28.2. The van der Waals surface area contributed by atoms with Crippen LogP contribution in [-0.4, -0.2) is 381 Å². The van der Waals surface area contributed by atoms with Crippen molar-refractivity contribution in [3.8, 4) is 0 Å². The first kappa shape index (κ1) is 86.0. The molecule has 632 valence electrons. The highest BCUT2D eigenvalue weighted by Crippen LogP contribution is 2.36. The van der Waals surface area contributed by atoms with Crippen molar-refractivity contribution in [1.29, 1.82) is 0 Å². The summed E-state index contributed by atoms with van der Waals surface area (Å²) < 4.78 is 87.6. The number of aliphatic hydroxyl groups is 18. The summed E-state index contributed by atoms with van der Waals surface area (Å²) in [4.78, 5) is 0. The van der Waals surface area contributed by atoms with Gasteiger partial charge in [0, 0.05) is 0 Å². The van der Waals surface area contributed by atoms with E-state index in [9.17, 15) is 91.9 Å². The Labute approximate surface area is 641 Å². The van der Waals surface area contributed by atoms with E-state index in [0.29, 0.717) is 0 Å². The summed E-state index contributed by atoms with van der Waals surface area (Å²) in [5.41, 5.74) is -2.05. The van der Waals surface area contributed by atoms with Crippen LogP contribution in [0.4, 0.5) is 0 Å². The lowest BCUT2D eigenvalue weighted by Gasteiger charge is -2.38. The molecule has 6 saturated heterocycles. The Hall–Kier alpha value is -6.40. The van der Waals surface area contributed by atoms with Crippen LogP contribution in [0.15, 0.2) is 37.2 Å². The van der Waals surface area contributed by atoms with E-state index in [0.717, 1.165) is 28.1 Å². The average molecular weight is 1620 g/mol. The maximum absolute atomic E-state index is 11.0. The first-order chi connectivity index (χ1) is 53.8. The Morgan fingerprint density at radius 3 is 0.522 bits per heavy atom. The highest BCUT2D eigenvalue weighted by molar-refractivity contribution is 5.03. The van der Waals surface area contributed by atoms with E-state index in [1.165, 1.54) is 78.7 Å². The molecule has 0 aromatic carbocycles. The number of aromatic nitrogens is 18. The molecule has 6 fully saturated rings. The molecule has 18 N–H and O–H groups in total. The van der Waals surface area contributed by atoms with Crippen molar-refractivity contribution in [3.05, 3.63) is 71.3 Å².